The van der Waals surface area contributed by atoms with Crippen LogP contribution in [0.5, 0.6) is 5.88 Å². The highest BCUT2D eigenvalue weighted by molar-refractivity contribution is 5.80. The predicted molar refractivity (Wildman–Crippen MR) is 235 cm³/mol. The van der Waals surface area contributed by atoms with Gasteiger partial charge in [0.1, 0.15) is 23.8 Å². The van der Waals surface area contributed by atoms with E-state index in [0.29, 0.717) is 17.0 Å². The van der Waals surface area contributed by atoms with Gasteiger partial charge in [0.05, 0.1) is 12.5 Å². The van der Waals surface area contributed by atoms with Gasteiger partial charge in [0.15, 0.2) is 0 Å². The highest BCUT2D eigenvalue weighted by Gasteiger charge is 2.61. The van der Waals surface area contributed by atoms with Gasteiger partial charge < -0.3 is 24.4 Å². The Kier molecular flexibility index (Phi) is 11.7. The molecule has 7 atom stereocenters. The van der Waals surface area contributed by atoms with E-state index in [4.69, 9.17) is 9.47 Å². The van der Waals surface area contributed by atoms with Gasteiger partial charge in [-0.2, -0.15) is 0 Å². The highest BCUT2D eigenvalue weighted by Crippen LogP contribution is 2.62. The van der Waals surface area contributed by atoms with Crippen LogP contribution < -0.4 is 4.74 Å². The molecule has 0 aliphatic heterocycles. The number of halogens is 2. The number of benzene rings is 4. The largest absolute Gasteiger partial charge is 0.473 e. The van der Waals surface area contributed by atoms with Gasteiger partial charge in [-0.3, -0.25) is 4.79 Å². The second-order valence-corrected chi connectivity index (χ2v) is 19.0. The van der Waals surface area contributed by atoms with Gasteiger partial charge in [0.25, 0.3) is 0 Å². The van der Waals surface area contributed by atoms with Crippen LogP contribution in [0.2, 0.25) is 0 Å². The molecule has 0 radical (unpaired) electrons. The van der Waals surface area contributed by atoms with Crippen LogP contribution in [0.4, 0.5) is 8.78 Å². The van der Waals surface area contributed by atoms with Crippen LogP contribution in [0.15, 0.2) is 85.1 Å². The Balaban J connectivity index is 0.000000198. The van der Waals surface area contributed by atoms with Gasteiger partial charge in [0.2, 0.25) is 5.88 Å². The van der Waals surface area contributed by atoms with Crippen molar-refractivity contribution in [2.45, 2.75) is 103 Å². The molecule has 0 amide bonds. The molecular weight excluding hydrogens is 769 g/mol. The van der Waals surface area contributed by atoms with E-state index < -0.39 is 5.60 Å². The third-order valence-corrected chi connectivity index (χ3v) is 13.5. The zero-order chi connectivity index (χ0) is 43.5. The monoisotopic (exact) mass is 827 g/mol. The summed E-state index contributed by atoms with van der Waals surface area (Å²) in [6.45, 7) is 9.82. The zero-order valence-corrected chi connectivity index (χ0v) is 36.9. The molecule has 4 aromatic carbocycles. The molecule has 1 heterocycles. The molecule has 0 saturated heterocycles. The summed E-state index contributed by atoms with van der Waals surface area (Å²) in [6.07, 6.45) is 4.52. The maximum atomic E-state index is 15.3. The summed E-state index contributed by atoms with van der Waals surface area (Å²) >= 11 is 0. The second-order valence-electron chi connectivity index (χ2n) is 19.0. The molecule has 9 rings (SSSR count). The number of aryl methyl sites for hydroxylation is 2. The predicted octanol–water partition coefficient (Wildman–Crippen LogP) is 10.2. The van der Waals surface area contributed by atoms with E-state index >= 15 is 4.39 Å². The number of hydrogen-bond donors (Lipinski definition) is 1. The minimum Gasteiger partial charge on any atom is -0.473 e. The number of aliphatic hydroxyl groups excluding tert-OH is 1. The quantitative estimate of drug-likeness (QED) is 0.148. The van der Waals surface area contributed by atoms with Crippen LogP contribution in [0.3, 0.4) is 0 Å². The number of esters is 1. The van der Waals surface area contributed by atoms with Gasteiger partial charge in [-0.25, -0.2) is 13.8 Å². The number of ether oxygens (including phenoxy) is 2. The first-order valence-electron chi connectivity index (χ1n) is 21.6. The molecule has 0 unspecified atom stereocenters. The average molecular weight is 828 g/mol. The van der Waals surface area contributed by atoms with Gasteiger partial charge in [-0.15, -0.1) is 0 Å². The van der Waals surface area contributed by atoms with Crippen LogP contribution in [0.1, 0.15) is 130 Å². The molecule has 0 bridgehead atoms. The molecule has 1 aromatic heterocycles. The fourth-order valence-electron chi connectivity index (χ4n) is 10.4. The van der Waals surface area contributed by atoms with E-state index in [1.807, 2.05) is 65.3 Å². The van der Waals surface area contributed by atoms with E-state index in [2.05, 4.69) is 85.2 Å². The maximum Gasteiger partial charge on any atom is 0.310 e. The molecule has 320 valence electrons. The fourth-order valence-corrected chi connectivity index (χ4v) is 10.4. The number of hydrogen-bond acceptors (Lipinski definition) is 7. The third kappa shape index (κ3) is 8.37. The summed E-state index contributed by atoms with van der Waals surface area (Å²) in [5.74, 6) is 0.703. The van der Waals surface area contributed by atoms with Crippen LogP contribution in [-0.2, 0) is 29.2 Å². The van der Waals surface area contributed by atoms with E-state index in [-0.39, 0.29) is 72.5 Å². The third-order valence-electron chi connectivity index (χ3n) is 13.5. The molecule has 0 spiro atoms. The average Bonchev–Trinajstić information content (AvgIpc) is 3.42. The molecule has 9 heteroatoms. The lowest BCUT2D eigenvalue weighted by Crippen LogP contribution is -2.26. The Morgan fingerprint density at radius 2 is 1.26 bits per heavy atom. The van der Waals surface area contributed by atoms with Crippen molar-refractivity contribution in [1.29, 1.82) is 0 Å². The molecule has 61 heavy (non-hydrogen) atoms. The van der Waals surface area contributed by atoms with Crippen LogP contribution in [-0.4, -0.2) is 59.7 Å². The van der Waals surface area contributed by atoms with Crippen LogP contribution >= 0.6 is 0 Å². The molecule has 5 aromatic rings. The lowest BCUT2D eigenvalue weighted by molar-refractivity contribution is -0.157. The van der Waals surface area contributed by atoms with Crippen molar-refractivity contribution in [3.05, 3.63) is 163 Å². The summed E-state index contributed by atoms with van der Waals surface area (Å²) in [4.78, 5) is 21.4. The standard InChI is InChI=1S/C33H37FN2O3.C19H22FNO/c1-18-9-7-8-10-21(18)23-15-28(36(5)6)24-14-27(34)20(12-22(23)24)17-38-29-13-19-11-25-30(26(19)16-35-29)31(25)32(37)39-33(2,3)4;1-12-6-4-5-7-14(12)16-10-19(21(2)3)17-9-18(20)13(11-22)8-15(16)17/h7-10,12-14,16,23,25,28,30-31H,11,15,17H2,1-6H3;4-9,16,19,22H,10-11H2,1-3H3/t23-,25-,28+,30-,31+;16-,19+/m11/s1. The first-order chi connectivity index (χ1) is 29.0. The summed E-state index contributed by atoms with van der Waals surface area (Å²) < 4.78 is 41.1. The molecule has 4 aliphatic carbocycles. The number of aromatic nitrogens is 1. The smallest absolute Gasteiger partial charge is 0.310 e. The molecular formula is C52H59F2N3O4. The topological polar surface area (TPSA) is 75.1 Å². The first-order valence-corrected chi connectivity index (χ1v) is 21.6. The molecule has 1 N–H and O–H groups in total. The summed E-state index contributed by atoms with van der Waals surface area (Å²) in [7, 11) is 8.19. The lowest BCUT2D eigenvalue weighted by atomic mass is 9.89. The fraction of sp³-hybridized carbons (Fsp3) is 0.423. The van der Waals surface area contributed by atoms with Crippen molar-refractivity contribution in [1.82, 2.24) is 14.8 Å². The summed E-state index contributed by atoms with van der Waals surface area (Å²) in [5.41, 5.74) is 12.3. The summed E-state index contributed by atoms with van der Waals surface area (Å²) in [5, 5.41) is 9.39. The van der Waals surface area contributed by atoms with E-state index in [0.717, 1.165) is 47.1 Å². The van der Waals surface area contributed by atoms with Gasteiger partial charge in [-0.05, 0) is 168 Å². The highest BCUT2D eigenvalue weighted by atomic mass is 19.1. The van der Waals surface area contributed by atoms with E-state index in [1.165, 1.54) is 27.8 Å². The van der Waals surface area contributed by atoms with Gasteiger partial charge in [0, 0.05) is 53.2 Å². The van der Waals surface area contributed by atoms with Crippen molar-refractivity contribution < 1.29 is 28.2 Å². The van der Waals surface area contributed by atoms with Crippen molar-refractivity contribution >= 4 is 5.97 Å². The number of aliphatic hydroxyl groups is 1. The normalized spacial score (nSPS) is 23.2. The minimum absolute atomic E-state index is 0.0713. The first kappa shape index (κ1) is 42.7. The van der Waals surface area contributed by atoms with Crippen molar-refractivity contribution in [3.63, 3.8) is 0 Å². The number of carbonyl (C=O) groups is 1. The second kappa shape index (κ2) is 16.7. The van der Waals surface area contributed by atoms with E-state index in [9.17, 15) is 14.3 Å². The lowest BCUT2D eigenvalue weighted by Gasteiger charge is -2.21. The number of pyridine rings is 1. The number of rotatable bonds is 9. The zero-order valence-electron chi connectivity index (χ0n) is 36.9. The summed E-state index contributed by atoms with van der Waals surface area (Å²) in [6, 6.07) is 26.4. The number of nitrogens with zero attached hydrogens (tertiary/aromatic N) is 3. The van der Waals surface area contributed by atoms with Crippen LogP contribution in [0, 0.1) is 37.3 Å². The Labute approximate surface area is 359 Å². The Morgan fingerprint density at radius 3 is 1.77 bits per heavy atom. The maximum absolute atomic E-state index is 15.3. The van der Waals surface area contributed by atoms with Crippen molar-refractivity contribution in [3.8, 4) is 5.88 Å². The molecule has 7 nitrogen and oxygen atoms in total. The van der Waals surface area contributed by atoms with E-state index in [1.54, 1.807) is 12.1 Å². The van der Waals surface area contributed by atoms with Crippen molar-refractivity contribution in [2.75, 3.05) is 28.2 Å². The molecule has 4 aliphatic rings. The molecule has 1 fully saturated rings. The number of fused-ring (bicyclic) bond motifs is 5. The number of carbonyl (C=O) groups excluding carboxylic acids is 1. The Bertz CT molecular complexity index is 2460. The van der Waals surface area contributed by atoms with Crippen molar-refractivity contribution in [2.24, 2.45) is 11.8 Å². The Hall–Kier alpha value is -4.96. The minimum atomic E-state index is -0.479. The molecule has 1 saturated carbocycles. The van der Waals surface area contributed by atoms with Gasteiger partial charge in [-0.1, -0.05) is 48.5 Å². The van der Waals surface area contributed by atoms with Crippen LogP contribution in [0.25, 0.3) is 0 Å². The van der Waals surface area contributed by atoms with Gasteiger partial charge >= 0.3 is 5.97 Å². The Morgan fingerprint density at radius 1 is 0.738 bits per heavy atom. The SMILES string of the molecule is Cc1ccccc1[C@H]1C[C@H](N(C)C)c2cc(F)c(CO)cc21.Cc1ccccc1[C@H]1C[C@H](N(C)C)c2cc(F)c(COc3cc4c(cn3)[C@H]3[C@@H](C4)[C@@H]3C(=O)OC(C)(C)C)cc21.